The van der Waals surface area contributed by atoms with Crippen LogP contribution in [0.15, 0.2) is 12.2 Å². The van der Waals surface area contributed by atoms with Gasteiger partial charge < -0.3 is 5.73 Å². The van der Waals surface area contributed by atoms with E-state index in [1.54, 1.807) is 0 Å². The van der Waals surface area contributed by atoms with Crippen LogP contribution in [0.2, 0.25) is 0 Å². The average molecular weight is 321 g/mol. The molecule has 0 aromatic carbocycles. The summed E-state index contributed by atoms with van der Waals surface area (Å²) in [7, 11) is 0. The van der Waals surface area contributed by atoms with Gasteiger partial charge in [-0.1, -0.05) is 76.4 Å². The Hall–Kier alpha value is -0.810. The summed E-state index contributed by atoms with van der Waals surface area (Å²) in [5, 5.41) is 8.45. The first-order valence-corrected chi connectivity index (χ1v) is 10.1. The van der Waals surface area contributed by atoms with Gasteiger partial charge >= 0.3 is 0 Å². The van der Waals surface area contributed by atoms with Gasteiger partial charge in [0, 0.05) is 6.42 Å². The molecule has 0 amide bonds. The molecule has 0 spiro atoms. The molecule has 0 rings (SSSR count). The maximum absolute atomic E-state index is 8.45. The van der Waals surface area contributed by atoms with Crippen LogP contribution >= 0.6 is 0 Å². The number of allylic oxidation sites excluding steroid dienone is 2. The SMILES string of the molecule is N#CCCCCCCCCCC/C=C\CCCCCCCCN. The minimum atomic E-state index is 0.737. The van der Waals surface area contributed by atoms with Gasteiger partial charge in [-0.2, -0.15) is 5.26 Å². The van der Waals surface area contributed by atoms with E-state index >= 15 is 0 Å². The van der Waals surface area contributed by atoms with E-state index < -0.39 is 0 Å². The Bertz CT molecular complexity index is 278. The lowest BCUT2D eigenvalue weighted by Crippen LogP contribution is -1.97. The van der Waals surface area contributed by atoms with Crippen molar-refractivity contribution in [1.82, 2.24) is 0 Å². The number of nitriles is 1. The smallest absolute Gasteiger partial charge is 0.0621 e. The summed E-state index contributed by atoms with van der Waals surface area (Å²) >= 11 is 0. The van der Waals surface area contributed by atoms with Crippen LogP contribution in [0.4, 0.5) is 0 Å². The van der Waals surface area contributed by atoms with E-state index in [9.17, 15) is 0 Å². The zero-order valence-corrected chi connectivity index (χ0v) is 15.4. The van der Waals surface area contributed by atoms with E-state index in [1.807, 2.05) is 0 Å². The average Bonchev–Trinajstić information content (AvgIpc) is 2.57. The predicted octanol–water partition coefficient (Wildman–Crippen LogP) is 6.66. The highest BCUT2D eigenvalue weighted by molar-refractivity contribution is 4.81. The molecule has 0 atom stereocenters. The van der Waals surface area contributed by atoms with Gasteiger partial charge in [0.05, 0.1) is 6.07 Å². The fraction of sp³-hybridized carbons (Fsp3) is 0.857. The second-order valence-corrected chi connectivity index (χ2v) is 6.70. The molecule has 2 heteroatoms. The molecule has 0 aromatic heterocycles. The van der Waals surface area contributed by atoms with Crippen molar-refractivity contribution in [3.05, 3.63) is 12.2 Å². The first-order valence-electron chi connectivity index (χ1n) is 10.1. The maximum atomic E-state index is 8.45. The highest BCUT2D eigenvalue weighted by Gasteiger charge is 1.92. The zero-order chi connectivity index (χ0) is 16.8. The lowest BCUT2D eigenvalue weighted by Gasteiger charge is -2.00. The molecule has 0 aliphatic rings. The standard InChI is InChI=1S/C21H40N2/c22-20-18-16-14-12-10-8-6-4-2-1-3-5-7-9-11-13-15-17-19-21-23/h2,4H,1,3,5-20,22H2/b4-2-. The van der Waals surface area contributed by atoms with E-state index in [4.69, 9.17) is 11.0 Å². The summed E-state index contributed by atoms with van der Waals surface area (Å²) < 4.78 is 0. The Morgan fingerprint density at radius 3 is 1.39 bits per heavy atom. The topological polar surface area (TPSA) is 49.8 Å². The van der Waals surface area contributed by atoms with E-state index in [2.05, 4.69) is 18.2 Å². The van der Waals surface area contributed by atoms with Crippen LogP contribution in [-0.4, -0.2) is 6.54 Å². The van der Waals surface area contributed by atoms with E-state index in [1.165, 1.54) is 96.3 Å². The summed E-state index contributed by atoms with van der Waals surface area (Å²) in [6, 6.07) is 2.21. The zero-order valence-electron chi connectivity index (χ0n) is 15.4. The summed E-state index contributed by atoms with van der Waals surface area (Å²) in [6.07, 6.45) is 26.5. The van der Waals surface area contributed by atoms with Crippen molar-refractivity contribution in [2.24, 2.45) is 5.73 Å². The molecular weight excluding hydrogens is 280 g/mol. The monoisotopic (exact) mass is 320 g/mol. The van der Waals surface area contributed by atoms with Crippen molar-refractivity contribution < 1.29 is 0 Å². The second-order valence-electron chi connectivity index (χ2n) is 6.70. The molecule has 0 aliphatic carbocycles. The Kier molecular flexibility index (Phi) is 20.4. The number of nitrogens with zero attached hydrogens (tertiary/aromatic N) is 1. The predicted molar refractivity (Wildman–Crippen MR) is 102 cm³/mol. The minimum Gasteiger partial charge on any atom is -0.330 e. The second kappa shape index (κ2) is 21.2. The third-order valence-electron chi connectivity index (χ3n) is 4.40. The molecule has 2 N–H and O–H groups in total. The molecular formula is C21H40N2. The van der Waals surface area contributed by atoms with Gasteiger partial charge in [-0.25, -0.2) is 0 Å². The first-order chi connectivity index (χ1) is 11.4. The summed E-state index contributed by atoms with van der Waals surface area (Å²) in [4.78, 5) is 0. The largest absolute Gasteiger partial charge is 0.330 e. The summed E-state index contributed by atoms with van der Waals surface area (Å²) in [5.74, 6) is 0. The molecule has 2 nitrogen and oxygen atoms in total. The van der Waals surface area contributed by atoms with Gasteiger partial charge in [0.25, 0.3) is 0 Å². The molecule has 23 heavy (non-hydrogen) atoms. The molecule has 0 radical (unpaired) electrons. The number of hydrogen-bond donors (Lipinski definition) is 1. The van der Waals surface area contributed by atoms with Crippen LogP contribution in [0.3, 0.4) is 0 Å². The maximum Gasteiger partial charge on any atom is 0.0621 e. The van der Waals surface area contributed by atoms with Crippen LogP contribution in [0.1, 0.15) is 109 Å². The quantitative estimate of drug-likeness (QED) is 0.227. The van der Waals surface area contributed by atoms with Gasteiger partial charge in [0.1, 0.15) is 0 Å². The molecule has 0 bridgehead atoms. The van der Waals surface area contributed by atoms with Crippen molar-refractivity contribution in [1.29, 1.82) is 5.26 Å². The fourth-order valence-corrected chi connectivity index (χ4v) is 2.88. The fourth-order valence-electron chi connectivity index (χ4n) is 2.88. The van der Waals surface area contributed by atoms with Crippen LogP contribution in [0.25, 0.3) is 0 Å². The van der Waals surface area contributed by atoms with Crippen molar-refractivity contribution in [3.8, 4) is 6.07 Å². The van der Waals surface area contributed by atoms with Crippen LogP contribution in [0.5, 0.6) is 0 Å². The van der Waals surface area contributed by atoms with Gasteiger partial charge in [-0.05, 0) is 45.1 Å². The summed E-state index contributed by atoms with van der Waals surface area (Å²) in [5.41, 5.74) is 5.49. The van der Waals surface area contributed by atoms with Crippen molar-refractivity contribution in [3.63, 3.8) is 0 Å². The lowest BCUT2D eigenvalue weighted by molar-refractivity contribution is 0.571. The number of rotatable bonds is 18. The van der Waals surface area contributed by atoms with Crippen molar-refractivity contribution >= 4 is 0 Å². The first kappa shape index (κ1) is 22.2. The highest BCUT2D eigenvalue weighted by Crippen LogP contribution is 2.11. The van der Waals surface area contributed by atoms with Crippen molar-refractivity contribution in [2.75, 3.05) is 6.54 Å². The number of nitrogens with two attached hydrogens (primary N) is 1. The van der Waals surface area contributed by atoms with Gasteiger partial charge in [-0.3, -0.25) is 0 Å². The summed E-state index contributed by atoms with van der Waals surface area (Å²) in [6.45, 7) is 0.852. The molecule has 0 heterocycles. The highest BCUT2D eigenvalue weighted by atomic mass is 14.5. The van der Waals surface area contributed by atoms with Gasteiger partial charge in [0.2, 0.25) is 0 Å². The van der Waals surface area contributed by atoms with E-state index in [0.29, 0.717) is 0 Å². The minimum absolute atomic E-state index is 0.737. The third kappa shape index (κ3) is 21.2. The molecule has 0 saturated heterocycles. The van der Waals surface area contributed by atoms with Crippen LogP contribution < -0.4 is 5.73 Å². The van der Waals surface area contributed by atoms with E-state index in [0.717, 1.165) is 19.4 Å². The molecule has 0 aliphatic heterocycles. The normalized spacial score (nSPS) is 11.1. The Morgan fingerprint density at radius 2 is 0.957 bits per heavy atom. The Labute approximate surface area is 145 Å². The lowest BCUT2D eigenvalue weighted by atomic mass is 10.1. The van der Waals surface area contributed by atoms with Crippen LogP contribution in [0, 0.1) is 11.3 Å². The third-order valence-corrected chi connectivity index (χ3v) is 4.40. The molecule has 0 unspecified atom stereocenters. The molecule has 134 valence electrons. The molecule has 0 fully saturated rings. The Morgan fingerprint density at radius 1 is 0.565 bits per heavy atom. The number of unbranched alkanes of at least 4 members (excludes halogenated alkanes) is 15. The van der Waals surface area contributed by atoms with Crippen LogP contribution in [-0.2, 0) is 0 Å². The molecule has 0 saturated carbocycles. The number of hydrogen-bond acceptors (Lipinski definition) is 2. The van der Waals surface area contributed by atoms with Crippen molar-refractivity contribution in [2.45, 2.75) is 109 Å². The molecule has 0 aromatic rings. The Balaban J connectivity index is 3.04. The van der Waals surface area contributed by atoms with Gasteiger partial charge in [0.15, 0.2) is 0 Å². The van der Waals surface area contributed by atoms with E-state index in [-0.39, 0.29) is 0 Å². The van der Waals surface area contributed by atoms with Gasteiger partial charge in [-0.15, -0.1) is 0 Å².